The van der Waals surface area contributed by atoms with E-state index in [9.17, 15) is 16.8 Å². The molecule has 1 heterocycles. The summed E-state index contributed by atoms with van der Waals surface area (Å²) in [4.78, 5) is 0.187. The summed E-state index contributed by atoms with van der Waals surface area (Å²) in [7, 11) is -5.20. The van der Waals surface area contributed by atoms with E-state index in [-0.39, 0.29) is 10.8 Å². The minimum absolute atomic E-state index is 0.140. The third-order valence-corrected chi connectivity index (χ3v) is 6.72. The number of methoxy groups -OCH3 is 1. The molecule has 0 unspecified atom stereocenters. The molecule has 2 rings (SSSR count). The molecule has 0 aromatic heterocycles. The van der Waals surface area contributed by atoms with Crippen molar-refractivity contribution in [3.05, 3.63) is 24.3 Å². The van der Waals surface area contributed by atoms with E-state index in [1.165, 1.54) is 29.8 Å². The molecule has 1 fully saturated rings. The Morgan fingerprint density at radius 1 is 1.13 bits per heavy atom. The molecule has 9 heteroatoms. The summed E-state index contributed by atoms with van der Waals surface area (Å²) in [6.07, 6.45) is 2.50. The van der Waals surface area contributed by atoms with Crippen LogP contribution < -0.4 is 9.46 Å². The van der Waals surface area contributed by atoms with Gasteiger partial charge in [-0.2, -0.15) is 0 Å². The Morgan fingerprint density at radius 2 is 1.70 bits per heavy atom. The fourth-order valence-corrected chi connectivity index (χ4v) is 4.50. The van der Waals surface area contributed by atoms with Crippen molar-refractivity contribution in [2.24, 2.45) is 5.92 Å². The van der Waals surface area contributed by atoms with Crippen LogP contribution in [0.3, 0.4) is 0 Å². The molecular formula is C14H22N2O5S2. The van der Waals surface area contributed by atoms with Gasteiger partial charge in [-0.1, -0.05) is 0 Å². The van der Waals surface area contributed by atoms with Gasteiger partial charge in [-0.3, -0.25) is 0 Å². The number of hydrogen-bond acceptors (Lipinski definition) is 5. The third-order valence-electron chi connectivity index (χ3n) is 3.97. The summed E-state index contributed by atoms with van der Waals surface area (Å²) in [5, 5.41) is 0. The number of nitrogens with one attached hydrogen (secondary N) is 1. The number of benzene rings is 1. The lowest BCUT2D eigenvalue weighted by Crippen LogP contribution is -2.41. The van der Waals surface area contributed by atoms with Crippen molar-refractivity contribution >= 4 is 20.0 Å². The number of hydrogen-bond donors (Lipinski definition) is 1. The highest BCUT2D eigenvalue weighted by Crippen LogP contribution is 2.20. The van der Waals surface area contributed by atoms with Gasteiger partial charge in [-0.05, 0) is 43.0 Å². The van der Waals surface area contributed by atoms with Crippen molar-refractivity contribution < 1.29 is 21.6 Å². The molecule has 0 radical (unpaired) electrons. The smallest absolute Gasteiger partial charge is 0.240 e. The van der Waals surface area contributed by atoms with Crippen molar-refractivity contribution in [3.63, 3.8) is 0 Å². The van der Waals surface area contributed by atoms with Gasteiger partial charge in [0.05, 0.1) is 18.3 Å². The third kappa shape index (κ3) is 4.90. The normalized spacial score (nSPS) is 18.0. The predicted molar refractivity (Wildman–Crippen MR) is 87.3 cm³/mol. The molecule has 130 valence electrons. The summed E-state index contributed by atoms with van der Waals surface area (Å²) >= 11 is 0. The van der Waals surface area contributed by atoms with Crippen molar-refractivity contribution in [1.82, 2.24) is 9.03 Å². The van der Waals surface area contributed by atoms with Gasteiger partial charge in [-0.15, -0.1) is 0 Å². The van der Waals surface area contributed by atoms with Crippen molar-refractivity contribution in [1.29, 1.82) is 0 Å². The SMILES string of the molecule is COc1ccc(S(=O)(=O)NCC2CCN(S(C)(=O)=O)CC2)cc1. The quantitative estimate of drug-likeness (QED) is 0.802. The van der Waals surface area contributed by atoms with E-state index in [0.717, 1.165) is 0 Å². The van der Waals surface area contributed by atoms with Crippen LogP contribution in [0.25, 0.3) is 0 Å². The summed E-state index contributed by atoms with van der Waals surface area (Å²) < 4.78 is 56.4. The summed E-state index contributed by atoms with van der Waals surface area (Å²) in [6, 6.07) is 6.18. The van der Waals surface area contributed by atoms with Crippen LogP contribution in [0.2, 0.25) is 0 Å². The van der Waals surface area contributed by atoms with Gasteiger partial charge >= 0.3 is 0 Å². The largest absolute Gasteiger partial charge is 0.497 e. The van der Waals surface area contributed by atoms with Gasteiger partial charge in [0.25, 0.3) is 0 Å². The zero-order valence-corrected chi connectivity index (χ0v) is 14.9. The Labute approximate surface area is 137 Å². The Hall–Kier alpha value is -1.16. The maximum Gasteiger partial charge on any atom is 0.240 e. The van der Waals surface area contributed by atoms with Crippen LogP contribution >= 0.6 is 0 Å². The molecule has 0 aliphatic carbocycles. The first-order valence-electron chi connectivity index (χ1n) is 7.31. The van der Waals surface area contributed by atoms with Gasteiger partial charge in [0.2, 0.25) is 20.0 Å². The van der Waals surface area contributed by atoms with E-state index >= 15 is 0 Å². The zero-order valence-electron chi connectivity index (χ0n) is 13.2. The van der Waals surface area contributed by atoms with Gasteiger partial charge in [0.15, 0.2) is 0 Å². The van der Waals surface area contributed by atoms with Crippen LogP contribution in [-0.4, -0.2) is 54.1 Å². The standard InChI is InChI=1S/C14H22N2O5S2/c1-21-13-3-5-14(6-4-13)23(19,20)15-11-12-7-9-16(10-8-12)22(2,17)18/h3-6,12,15H,7-11H2,1-2H3. The molecule has 1 N–H and O–H groups in total. The van der Waals surface area contributed by atoms with E-state index in [4.69, 9.17) is 4.74 Å². The number of sulfonamides is 2. The second kappa shape index (κ2) is 7.16. The van der Waals surface area contributed by atoms with E-state index in [1.807, 2.05) is 0 Å². The second-order valence-corrected chi connectivity index (χ2v) is 9.38. The Balaban J connectivity index is 1.90. The number of rotatable bonds is 6. The van der Waals surface area contributed by atoms with Crippen LogP contribution in [0, 0.1) is 5.92 Å². The van der Waals surface area contributed by atoms with Gasteiger partial charge in [0, 0.05) is 19.6 Å². The molecule has 0 spiro atoms. The van der Waals surface area contributed by atoms with Crippen LogP contribution in [0.5, 0.6) is 5.75 Å². The Kier molecular flexibility index (Phi) is 5.66. The lowest BCUT2D eigenvalue weighted by molar-refractivity contribution is 0.275. The predicted octanol–water partition coefficient (Wildman–Crippen LogP) is 0.645. The molecule has 0 bridgehead atoms. The molecule has 7 nitrogen and oxygen atoms in total. The molecule has 1 saturated heterocycles. The highest BCUT2D eigenvalue weighted by molar-refractivity contribution is 7.89. The molecule has 0 amide bonds. The maximum absolute atomic E-state index is 12.2. The first kappa shape index (κ1) is 18.2. The summed E-state index contributed by atoms with van der Waals surface area (Å²) in [6.45, 7) is 1.19. The van der Waals surface area contributed by atoms with Crippen LogP contribution in [-0.2, 0) is 20.0 Å². The number of ether oxygens (including phenoxy) is 1. The number of piperidine rings is 1. The van der Waals surface area contributed by atoms with Gasteiger partial charge < -0.3 is 4.74 Å². The summed E-state index contributed by atoms with van der Waals surface area (Å²) in [5.41, 5.74) is 0. The second-order valence-electron chi connectivity index (χ2n) is 5.63. The van der Waals surface area contributed by atoms with Crippen molar-refractivity contribution in [2.75, 3.05) is 33.0 Å². The fraction of sp³-hybridized carbons (Fsp3) is 0.571. The molecule has 0 atom stereocenters. The lowest BCUT2D eigenvalue weighted by atomic mass is 9.99. The average molecular weight is 362 g/mol. The van der Waals surface area contributed by atoms with Gasteiger partial charge in [-0.25, -0.2) is 25.9 Å². The van der Waals surface area contributed by atoms with Crippen LogP contribution in [0.1, 0.15) is 12.8 Å². The molecule has 1 aromatic carbocycles. The topological polar surface area (TPSA) is 92.8 Å². The van der Waals surface area contributed by atoms with Crippen LogP contribution in [0.4, 0.5) is 0 Å². The molecule has 23 heavy (non-hydrogen) atoms. The number of nitrogens with zero attached hydrogens (tertiary/aromatic N) is 1. The lowest BCUT2D eigenvalue weighted by Gasteiger charge is -2.30. The molecular weight excluding hydrogens is 340 g/mol. The van der Waals surface area contributed by atoms with E-state index < -0.39 is 20.0 Å². The molecule has 0 saturated carbocycles. The van der Waals surface area contributed by atoms with Crippen molar-refractivity contribution in [2.45, 2.75) is 17.7 Å². The maximum atomic E-state index is 12.2. The Bertz CT molecular complexity index is 721. The van der Waals surface area contributed by atoms with E-state index in [1.54, 1.807) is 12.1 Å². The first-order valence-corrected chi connectivity index (χ1v) is 10.6. The van der Waals surface area contributed by atoms with Crippen molar-refractivity contribution in [3.8, 4) is 5.75 Å². The fourth-order valence-electron chi connectivity index (χ4n) is 2.51. The molecule has 1 aromatic rings. The highest BCUT2D eigenvalue weighted by Gasteiger charge is 2.26. The highest BCUT2D eigenvalue weighted by atomic mass is 32.2. The molecule has 1 aliphatic rings. The minimum atomic E-state index is -3.56. The Morgan fingerprint density at radius 3 is 2.17 bits per heavy atom. The minimum Gasteiger partial charge on any atom is -0.497 e. The molecule has 1 aliphatic heterocycles. The monoisotopic (exact) mass is 362 g/mol. The van der Waals surface area contributed by atoms with Crippen LogP contribution in [0.15, 0.2) is 29.2 Å². The zero-order chi connectivity index (χ0) is 17.1. The first-order chi connectivity index (χ1) is 10.7. The van der Waals surface area contributed by atoms with E-state index in [2.05, 4.69) is 4.72 Å². The summed E-state index contributed by atoms with van der Waals surface area (Å²) in [5.74, 6) is 0.734. The van der Waals surface area contributed by atoms with Gasteiger partial charge in [0.1, 0.15) is 5.75 Å². The van der Waals surface area contributed by atoms with E-state index in [0.29, 0.717) is 38.2 Å². The average Bonchev–Trinajstić information content (AvgIpc) is 2.53.